The second kappa shape index (κ2) is 6.53. The minimum atomic E-state index is -4.54. The summed E-state index contributed by atoms with van der Waals surface area (Å²) in [5, 5.41) is 6.88. The Labute approximate surface area is 143 Å². The van der Waals surface area contributed by atoms with Crippen molar-refractivity contribution in [2.75, 3.05) is 6.54 Å². The maximum atomic E-state index is 13.0. The quantitative estimate of drug-likeness (QED) is 0.847. The smallest absolute Gasteiger partial charge is 0.342 e. The Balaban J connectivity index is 1.80. The summed E-state index contributed by atoms with van der Waals surface area (Å²) >= 11 is 0. The molecule has 9 heteroatoms. The van der Waals surface area contributed by atoms with Gasteiger partial charge >= 0.3 is 6.18 Å². The van der Waals surface area contributed by atoms with Crippen LogP contribution in [0.4, 0.5) is 13.2 Å². The third kappa shape index (κ3) is 3.54. The van der Waals surface area contributed by atoms with Crippen LogP contribution in [-0.2, 0) is 24.1 Å². The number of halogens is 3. The number of alkyl halides is 3. The zero-order valence-corrected chi connectivity index (χ0v) is 14.1. The Morgan fingerprint density at radius 2 is 1.88 bits per heavy atom. The van der Waals surface area contributed by atoms with Gasteiger partial charge in [0, 0.05) is 25.5 Å². The van der Waals surface area contributed by atoms with Gasteiger partial charge in [-0.1, -0.05) is 13.8 Å². The van der Waals surface area contributed by atoms with E-state index in [1.807, 2.05) is 42.9 Å². The number of carbonyl (C=O) groups is 1. The number of aromatic nitrogens is 4. The summed E-state index contributed by atoms with van der Waals surface area (Å²) in [5.74, 6) is -0.629. The lowest BCUT2D eigenvalue weighted by Crippen LogP contribution is -2.43. The largest absolute Gasteiger partial charge is 0.451 e. The molecule has 1 aliphatic heterocycles. The molecule has 0 N–H and O–H groups in total. The molecule has 2 aromatic rings. The molecule has 3 heterocycles. The minimum Gasteiger partial charge on any atom is -0.342 e. The van der Waals surface area contributed by atoms with E-state index in [-0.39, 0.29) is 37.4 Å². The van der Waals surface area contributed by atoms with Gasteiger partial charge in [0.25, 0.3) is 0 Å². The van der Waals surface area contributed by atoms with Crippen LogP contribution < -0.4 is 0 Å². The van der Waals surface area contributed by atoms with Crippen molar-refractivity contribution in [3.63, 3.8) is 0 Å². The molecule has 25 heavy (non-hydrogen) atoms. The van der Waals surface area contributed by atoms with E-state index in [2.05, 4.69) is 10.2 Å². The second-order valence-electron chi connectivity index (χ2n) is 6.62. The maximum absolute atomic E-state index is 13.0. The van der Waals surface area contributed by atoms with Crippen LogP contribution in [0.3, 0.4) is 0 Å². The summed E-state index contributed by atoms with van der Waals surface area (Å²) in [6, 6.07) is 3.33. The Hall–Kier alpha value is -2.32. The first kappa shape index (κ1) is 17.5. The van der Waals surface area contributed by atoms with Crippen molar-refractivity contribution < 1.29 is 18.0 Å². The Morgan fingerprint density at radius 1 is 1.20 bits per heavy atom. The molecule has 136 valence electrons. The molecule has 1 aliphatic rings. The molecule has 0 aromatic carbocycles. The van der Waals surface area contributed by atoms with Gasteiger partial charge in [-0.25, -0.2) is 0 Å². The lowest BCUT2D eigenvalue weighted by Gasteiger charge is -2.32. The topological polar surface area (TPSA) is 56.0 Å². The lowest BCUT2D eigenvalue weighted by molar-refractivity contribution is -0.148. The fourth-order valence-corrected chi connectivity index (χ4v) is 3.12. The van der Waals surface area contributed by atoms with E-state index in [9.17, 15) is 18.0 Å². The van der Waals surface area contributed by atoms with Gasteiger partial charge in [-0.15, -0.1) is 10.2 Å². The highest BCUT2D eigenvalue weighted by atomic mass is 19.4. The highest BCUT2D eigenvalue weighted by molar-refractivity contribution is 5.80. The molecule has 0 spiro atoms. The number of hydrogen-bond donors (Lipinski definition) is 0. The SMILES string of the molecule is CC(C)C[C@H](C(=O)N1CCn2c(nnc2C(F)(F)F)C1)n1cccc1. The van der Waals surface area contributed by atoms with Crippen LogP contribution in [0.5, 0.6) is 0 Å². The van der Waals surface area contributed by atoms with Crippen molar-refractivity contribution in [3.05, 3.63) is 36.2 Å². The van der Waals surface area contributed by atoms with E-state index >= 15 is 0 Å². The van der Waals surface area contributed by atoms with Gasteiger partial charge in [-0.05, 0) is 24.5 Å². The number of nitrogens with zero attached hydrogens (tertiary/aromatic N) is 5. The summed E-state index contributed by atoms with van der Waals surface area (Å²) in [5.41, 5.74) is 0. The molecule has 6 nitrogen and oxygen atoms in total. The summed E-state index contributed by atoms with van der Waals surface area (Å²) in [6.07, 6.45) is -0.217. The fourth-order valence-electron chi connectivity index (χ4n) is 3.12. The van der Waals surface area contributed by atoms with Gasteiger partial charge < -0.3 is 14.0 Å². The average Bonchev–Trinajstić information content (AvgIpc) is 3.19. The summed E-state index contributed by atoms with van der Waals surface area (Å²) < 4.78 is 41.6. The fraction of sp³-hybridized carbons (Fsp3) is 0.562. The van der Waals surface area contributed by atoms with Crippen LogP contribution in [0.15, 0.2) is 24.5 Å². The Bertz CT molecular complexity index is 736. The molecule has 0 radical (unpaired) electrons. The molecule has 1 atom stereocenters. The first-order valence-electron chi connectivity index (χ1n) is 8.18. The molecule has 2 aromatic heterocycles. The van der Waals surface area contributed by atoms with Gasteiger partial charge in [-0.3, -0.25) is 4.79 Å². The summed E-state index contributed by atoms with van der Waals surface area (Å²) in [6.45, 7) is 4.36. The molecule has 0 unspecified atom stereocenters. The van der Waals surface area contributed by atoms with Crippen molar-refractivity contribution in [1.82, 2.24) is 24.2 Å². The number of amides is 1. The molecule has 1 amide bonds. The van der Waals surface area contributed by atoms with Gasteiger partial charge in [0.1, 0.15) is 6.04 Å². The van der Waals surface area contributed by atoms with Gasteiger partial charge in [0.15, 0.2) is 5.82 Å². The van der Waals surface area contributed by atoms with E-state index in [4.69, 9.17) is 0 Å². The van der Waals surface area contributed by atoms with E-state index < -0.39 is 12.0 Å². The minimum absolute atomic E-state index is 0.0395. The highest BCUT2D eigenvalue weighted by Gasteiger charge is 2.40. The molecule has 0 aliphatic carbocycles. The molecule has 0 saturated heterocycles. The molecule has 0 fully saturated rings. The zero-order valence-electron chi connectivity index (χ0n) is 14.1. The summed E-state index contributed by atoms with van der Waals surface area (Å²) in [4.78, 5) is 14.5. The van der Waals surface area contributed by atoms with Crippen LogP contribution in [-0.4, -0.2) is 36.7 Å². The molecule has 0 bridgehead atoms. The lowest BCUT2D eigenvalue weighted by atomic mass is 10.0. The highest BCUT2D eigenvalue weighted by Crippen LogP contribution is 2.30. The van der Waals surface area contributed by atoms with E-state index in [1.165, 1.54) is 0 Å². The van der Waals surface area contributed by atoms with Gasteiger partial charge in [-0.2, -0.15) is 13.2 Å². The Kier molecular flexibility index (Phi) is 4.57. The van der Waals surface area contributed by atoms with Crippen molar-refractivity contribution in [1.29, 1.82) is 0 Å². The molecule has 3 rings (SSSR count). The van der Waals surface area contributed by atoms with Gasteiger partial charge in [0.05, 0.1) is 6.54 Å². The second-order valence-corrected chi connectivity index (χ2v) is 6.62. The van der Waals surface area contributed by atoms with Gasteiger partial charge in [0.2, 0.25) is 11.7 Å². The number of carbonyl (C=O) groups excluding carboxylic acids is 1. The number of rotatable bonds is 4. The van der Waals surface area contributed by atoms with Crippen molar-refractivity contribution in [2.45, 2.75) is 45.6 Å². The normalized spacial score (nSPS) is 16.2. The first-order valence-corrected chi connectivity index (χ1v) is 8.18. The van der Waals surface area contributed by atoms with Crippen LogP contribution in [0, 0.1) is 5.92 Å². The number of hydrogen-bond acceptors (Lipinski definition) is 3. The van der Waals surface area contributed by atoms with E-state index in [1.54, 1.807) is 4.90 Å². The zero-order chi connectivity index (χ0) is 18.2. The van der Waals surface area contributed by atoms with Crippen LogP contribution in [0.25, 0.3) is 0 Å². The third-order valence-electron chi connectivity index (χ3n) is 4.29. The van der Waals surface area contributed by atoms with Crippen molar-refractivity contribution >= 4 is 5.91 Å². The van der Waals surface area contributed by atoms with Crippen molar-refractivity contribution in [2.24, 2.45) is 5.92 Å². The maximum Gasteiger partial charge on any atom is 0.451 e. The molecular weight excluding hydrogens is 335 g/mol. The standard InChI is InChI=1S/C16H20F3N5O/c1-11(2)9-12(22-5-3-4-6-22)14(25)23-7-8-24-13(10-23)20-21-15(24)16(17,18)19/h3-6,11-12H,7-10H2,1-2H3/t12-/m1/s1. The molecule has 0 saturated carbocycles. The predicted molar refractivity (Wildman–Crippen MR) is 83.4 cm³/mol. The van der Waals surface area contributed by atoms with E-state index in [0.29, 0.717) is 12.3 Å². The third-order valence-corrected chi connectivity index (χ3v) is 4.29. The van der Waals surface area contributed by atoms with E-state index in [0.717, 1.165) is 4.57 Å². The average molecular weight is 355 g/mol. The summed E-state index contributed by atoms with van der Waals surface area (Å²) in [7, 11) is 0. The first-order chi connectivity index (χ1) is 11.8. The Morgan fingerprint density at radius 3 is 2.48 bits per heavy atom. The predicted octanol–water partition coefficient (Wildman–Crippen LogP) is 2.73. The molecular formula is C16H20F3N5O. The van der Waals surface area contributed by atoms with Crippen LogP contribution >= 0.6 is 0 Å². The monoisotopic (exact) mass is 355 g/mol. The van der Waals surface area contributed by atoms with Crippen LogP contribution in [0.1, 0.15) is 38.0 Å². The number of fused-ring (bicyclic) bond motifs is 1. The van der Waals surface area contributed by atoms with Crippen molar-refractivity contribution in [3.8, 4) is 0 Å². The van der Waals surface area contributed by atoms with Crippen LogP contribution in [0.2, 0.25) is 0 Å².